The Morgan fingerprint density at radius 2 is 2.29 bits per heavy atom. The van der Waals surface area contributed by atoms with E-state index in [-0.39, 0.29) is 5.78 Å². The minimum Gasteiger partial charge on any atom is -0.399 e. The fourth-order valence-corrected chi connectivity index (χ4v) is 2.02. The van der Waals surface area contributed by atoms with Crippen molar-refractivity contribution in [3.63, 3.8) is 0 Å². The normalized spacial score (nSPS) is 10.1. The monoisotopic (exact) mass is 273 g/mol. The summed E-state index contributed by atoms with van der Waals surface area (Å²) in [5.41, 5.74) is 7.45. The van der Waals surface area contributed by atoms with Gasteiger partial charge in [-0.1, -0.05) is 22.0 Å². The molecule has 2 N–H and O–H groups in total. The van der Waals surface area contributed by atoms with Gasteiger partial charge in [0.05, 0.1) is 5.33 Å². The number of halogens is 1. The van der Waals surface area contributed by atoms with Crippen molar-refractivity contribution in [2.75, 3.05) is 17.3 Å². The number of rotatable bonds is 4. The molecule has 1 aromatic carbocycles. The summed E-state index contributed by atoms with van der Waals surface area (Å²) in [6.07, 6.45) is 2.46. The van der Waals surface area contributed by atoms with Gasteiger partial charge in [0.15, 0.2) is 0 Å². The molecule has 0 radical (unpaired) electrons. The molecule has 0 saturated carbocycles. The first-order valence-corrected chi connectivity index (χ1v) is 6.52. The van der Waals surface area contributed by atoms with Gasteiger partial charge >= 0.3 is 0 Å². The van der Waals surface area contributed by atoms with Crippen LogP contribution in [0.25, 0.3) is 0 Å². The first kappa shape index (κ1) is 11.6. The quantitative estimate of drug-likeness (QED) is 0.521. The molecule has 0 atom stereocenters. The lowest BCUT2D eigenvalue weighted by atomic mass is 10.1. The minimum atomic E-state index is 0.185. The van der Waals surface area contributed by atoms with Crippen molar-refractivity contribution in [3.8, 4) is 0 Å². The summed E-state index contributed by atoms with van der Waals surface area (Å²) in [6, 6.07) is 5.65. The molecule has 4 heteroatoms. The molecule has 76 valence electrons. The Kier molecular flexibility index (Phi) is 4.48. The van der Waals surface area contributed by atoms with E-state index in [1.165, 1.54) is 0 Å². The third kappa shape index (κ3) is 3.03. The number of carbonyl (C=O) groups excluding carboxylic acids is 1. The molecule has 0 spiro atoms. The zero-order chi connectivity index (χ0) is 10.6. The van der Waals surface area contributed by atoms with Gasteiger partial charge in [-0.15, -0.1) is 11.8 Å². The van der Waals surface area contributed by atoms with Gasteiger partial charge in [0, 0.05) is 17.0 Å². The third-order valence-corrected chi connectivity index (χ3v) is 3.29. The van der Waals surface area contributed by atoms with E-state index in [2.05, 4.69) is 15.9 Å². The maximum atomic E-state index is 11.2. The van der Waals surface area contributed by atoms with Gasteiger partial charge in [-0.05, 0) is 24.0 Å². The van der Waals surface area contributed by atoms with Crippen LogP contribution in [0.3, 0.4) is 0 Å². The molecular formula is C10H12BrNOS. The van der Waals surface area contributed by atoms with Crippen molar-refractivity contribution in [3.05, 3.63) is 23.8 Å². The highest BCUT2D eigenvalue weighted by atomic mass is 79.9. The fraction of sp³-hybridized carbons (Fsp3) is 0.300. The molecule has 0 aromatic heterocycles. The second-order valence-electron chi connectivity index (χ2n) is 2.92. The Hall–Kier alpha value is -0.480. The summed E-state index contributed by atoms with van der Waals surface area (Å²) in [5.74, 6) is 0.185. The molecule has 0 unspecified atom stereocenters. The molecule has 0 saturated heterocycles. The van der Waals surface area contributed by atoms with Gasteiger partial charge in [-0.3, -0.25) is 4.79 Å². The van der Waals surface area contributed by atoms with Crippen molar-refractivity contribution in [1.29, 1.82) is 0 Å². The van der Waals surface area contributed by atoms with E-state index in [1.54, 1.807) is 11.8 Å². The van der Waals surface area contributed by atoms with Crippen molar-refractivity contribution in [2.24, 2.45) is 0 Å². The molecule has 0 heterocycles. The minimum absolute atomic E-state index is 0.185. The lowest BCUT2D eigenvalue weighted by Gasteiger charge is -2.06. The number of hydrogen-bond donors (Lipinski definition) is 1. The topological polar surface area (TPSA) is 43.1 Å². The van der Waals surface area contributed by atoms with Crippen molar-refractivity contribution in [1.82, 2.24) is 0 Å². The average molecular weight is 274 g/mol. The SMILES string of the molecule is CSc1cc(N)ccc1CC(=O)CBr. The molecule has 1 aromatic rings. The zero-order valence-corrected chi connectivity index (χ0v) is 10.3. The van der Waals surface area contributed by atoms with E-state index < -0.39 is 0 Å². The van der Waals surface area contributed by atoms with Gasteiger partial charge < -0.3 is 5.73 Å². The van der Waals surface area contributed by atoms with Crippen molar-refractivity contribution in [2.45, 2.75) is 11.3 Å². The maximum Gasteiger partial charge on any atom is 0.147 e. The smallest absolute Gasteiger partial charge is 0.147 e. The molecule has 1 rings (SSSR count). The van der Waals surface area contributed by atoms with Crippen LogP contribution in [0.2, 0.25) is 0 Å². The van der Waals surface area contributed by atoms with E-state index in [1.807, 2.05) is 24.5 Å². The molecule has 0 amide bonds. The molecule has 14 heavy (non-hydrogen) atoms. The van der Waals surface area contributed by atoms with Crippen LogP contribution in [0.5, 0.6) is 0 Å². The lowest BCUT2D eigenvalue weighted by molar-refractivity contribution is -0.115. The fourth-order valence-electron chi connectivity index (χ4n) is 1.17. The number of thioether (sulfide) groups is 1. The van der Waals surface area contributed by atoms with E-state index in [0.717, 1.165) is 16.1 Å². The Morgan fingerprint density at radius 3 is 2.86 bits per heavy atom. The molecular weight excluding hydrogens is 262 g/mol. The van der Waals surface area contributed by atoms with Crippen LogP contribution in [0.4, 0.5) is 5.69 Å². The van der Waals surface area contributed by atoms with Crippen molar-refractivity contribution < 1.29 is 4.79 Å². The molecule has 0 aliphatic carbocycles. The Bertz CT molecular complexity index is 341. The summed E-state index contributed by atoms with van der Waals surface area (Å²) in [5, 5.41) is 0.408. The molecule has 0 aliphatic heterocycles. The predicted octanol–water partition coefficient (Wildman–Crippen LogP) is 2.50. The summed E-state index contributed by atoms with van der Waals surface area (Å²) in [7, 11) is 0. The van der Waals surface area contributed by atoms with E-state index in [9.17, 15) is 4.79 Å². The average Bonchev–Trinajstić information content (AvgIpc) is 2.20. The number of nitrogens with two attached hydrogens (primary N) is 1. The number of anilines is 1. The number of nitrogen functional groups attached to an aromatic ring is 1. The largest absolute Gasteiger partial charge is 0.399 e. The van der Waals surface area contributed by atoms with E-state index in [0.29, 0.717) is 11.8 Å². The number of benzene rings is 1. The Morgan fingerprint density at radius 1 is 1.57 bits per heavy atom. The van der Waals surface area contributed by atoms with Crippen LogP contribution in [0.15, 0.2) is 23.1 Å². The van der Waals surface area contributed by atoms with Crippen molar-refractivity contribution >= 4 is 39.2 Å². The van der Waals surface area contributed by atoms with Crippen LogP contribution >= 0.6 is 27.7 Å². The van der Waals surface area contributed by atoms with Gasteiger partial charge in [0.25, 0.3) is 0 Å². The number of alkyl halides is 1. The molecule has 0 aliphatic rings. The highest BCUT2D eigenvalue weighted by Gasteiger charge is 2.06. The molecule has 0 bridgehead atoms. The highest BCUT2D eigenvalue weighted by Crippen LogP contribution is 2.23. The van der Waals surface area contributed by atoms with Gasteiger partial charge in [-0.2, -0.15) is 0 Å². The first-order valence-electron chi connectivity index (χ1n) is 4.17. The highest BCUT2D eigenvalue weighted by molar-refractivity contribution is 9.09. The third-order valence-electron chi connectivity index (χ3n) is 1.85. The van der Waals surface area contributed by atoms with Gasteiger partial charge in [0.2, 0.25) is 0 Å². The number of carbonyl (C=O) groups is 1. The zero-order valence-electron chi connectivity index (χ0n) is 7.92. The Balaban J connectivity index is 2.90. The standard InChI is InChI=1S/C10H12BrNOS/c1-14-10-5-8(12)3-2-7(10)4-9(13)6-11/h2-3,5H,4,6,12H2,1H3. The van der Waals surface area contributed by atoms with Gasteiger partial charge in [-0.25, -0.2) is 0 Å². The summed E-state index contributed by atoms with van der Waals surface area (Å²) in [6.45, 7) is 0. The summed E-state index contributed by atoms with van der Waals surface area (Å²) < 4.78 is 0. The van der Waals surface area contributed by atoms with E-state index >= 15 is 0 Å². The van der Waals surface area contributed by atoms with Crippen LogP contribution in [0, 0.1) is 0 Å². The predicted molar refractivity (Wildman–Crippen MR) is 65.1 cm³/mol. The summed E-state index contributed by atoms with van der Waals surface area (Å²) in [4.78, 5) is 12.3. The van der Waals surface area contributed by atoms with Crippen LogP contribution in [-0.2, 0) is 11.2 Å². The van der Waals surface area contributed by atoms with Crippen LogP contribution in [0.1, 0.15) is 5.56 Å². The molecule has 2 nitrogen and oxygen atoms in total. The number of Topliss-reactive ketones (excluding diaryl/α,β-unsaturated/α-hetero) is 1. The second-order valence-corrected chi connectivity index (χ2v) is 4.33. The summed E-state index contributed by atoms with van der Waals surface area (Å²) >= 11 is 4.77. The first-order chi connectivity index (χ1) is 6.67. The maximum absolute atomic E-state index is 11.2. The number of ketones is 1. The molecule has 0 fully saturated rings. The second kappa shape index (κ2) is 5.41. The number of hydrogen-bond acceptors (Lipinski definition) is 3. The van der Waals surface area contributed by atoms with Crippen LogP contribution in [-0.4, -0.2) is 17.4 Å². The van der Waals surface area contributed by atoms with Crippen LogP contribution < -0.4 is 5.73 Å². The van der Waals surface area contributed by atoms with E-state index in [4.69, 9.17) is 5.73 Å². The van der Waals surface area contributed by atoms with Gasteiger partial charge in [0.1, 0.15) is 5.78 Å². The Labute approximate surface area is 96.4 Å². The lowest BCUT2D eigenvalue weighted by Crippen LogP contribution is -2.04.